The summed E-state index contributed by atoms with van der Waals surface area (Å²) >= 11 is 6.04. The van der Waals surface area contributed by atoms with E-state index in [-0.39, 0.29) is 22.3 Å². The van der Waals surface area contributed by atoms with E-state index >= 15 is 0 Å². The molecule has 1 aromatic heterocycles. The first-order chi connectivity index (χ1) is 9.91. The van der Waals surface area contributed by atoms with Crippen molar-refractivity contribution in [3.8, 4) is 0 Å². The Morgan fingerprint density at radius 2 is 2.14 bits per heavy atom. The van der Waals surface area contributed by atoms with Crippen molar-refractivity contribution < 1.29 is 13.2 Å². The van der Waals surface area contributed by atoms with Crippen LogP contribution in [0, 0.1) is 0 Å². The maximum absolute atomic E-state index is 12.7. The molecule has 2 aliphatic heterocycles. The van der Waals surface area contributed by atoms with Crippen molar-refractivity contribution in [3.63, 3.8) is 0 Å². The van der Waals surface area contributed by atoms with Gasteiger partial charge >= 0.3 is 0 Å². The van der Waals surface area contributed by atoms with E-state index in [4.69, 9.17) is 16.3 Å². The zero-order valence-corrected chi connectivity index (χ0v) is 13.6. The molecule has 118 valence electrons. The molecule has 2 saturated heterocycles. The lowest BCUT2D eigenvalue weighted by molar-refractivity contribution is -0.0840. The number of sulfonamides is 1. The predicted molar refractivity (Wildman–Crippen MR) is 77.8 cm³/mol. The van der Waals surface area contributed by atoms with Gasteiger partial charge in [-0.25, -0.2) is 13.4 Å². The van der Waals surface area contributed by atoms with E-state index < -0.39 is 10.0 Å². The first-order valence-electron chi connectivity index (χ1n) is 6.90. The molecule has 3 rings (SSSR count). The Bertz CT molecular complexity index is 632. The lowest BCUT2D eigenvalue weighted by Gasteiger charge is -2.44. The molecule has 2 aliphatic rings. The van der Waals surface area contributed by atoms with Gasteiger partial charge in [0.15, 0.2) is 0 Å². The SMILES string of the molecule is CN1CCO[C@@H]2CCN(S(=O)(=O)c3ncn(C)c3Cl)C[C@@H]21. The maximum atomic E-state index is 12.7. The summed E-state index contributed by atoms with van der Waals surface area (Å²) < 4.78 is 34.1. The summed E-state index contributed by atoms with van der Waals surface area (Å²) in [4.78, 5) is 6.10. The molecular weight excluding hydrogens is 316 g/mol. The second-order valence-corrected chi connectivity index (χ2v) is 7.77. The molecule has 0 aromatic carbocycles. The molecule has 2 fully saturated rings. The van der Waals surface area contributed by atoms with Crippen LogP contribution in [0.25, 0.3) is 0 Å². The number of aromatic nitrogens is 2. The van der Waals surface area contributed by atoms with Crippen LogP contribution in [0.3, 0.4) is 0 Å². The van der Waals surface area contributed by atoms with Crippen LogP contribution in [0.5, 0.6) is 0 Å². The van der Waals surface area contributed by atoms with Crippen molar-refractivity contribution in [1.29, 1.82) is 0 Å². The van der Waals surface area contributed by atoms with Crippen LogP contribution in [0.4, 0.5) is 0 Å². The molecule has 3 heterocycles. The van der Waals surface area contributed by atoms with Crippen molar-refractivity contribution in [1.82, 2.24) is 18.8 Å². The van der Waals surface area contributed by atoms with E-state index in [0.29, 0.717) is 26.1 Å². The minimum Gasteiger partial charge on any atom is -0.375 e. The Morgan fingerprint density at radius 1 is 1.38 bits per heavy atom. The summed E-state index contributed by atoms with van der Waals surface area (Å²) in [5.41, 5.74) is 0. The number of piperidine rings is 1. The fourth-order valence-corrected chi connectivity index (χ4v) is 4.78. The van der Waals surface area contributed by atoms with Gasteiger partial charge in [0.05, 0.1) is 19.0 Å². The lowest BCUT2D eigenvalue weighted by Crippen LogP contribution is -2.59. The van der Waals surface area contributed by atoms with Crippen molar-refractivity contribution >= 4 is 21.6 Å². The summed E-state index contributed by atoms with van der Waals surface area (Å²) in [5.74, 6) is 0. The number of nitrogens with zero attached hydrogens (tertiary/aromatic N) is 4. The average molecular weight is 335 g/mol. The van der Waals surface area contributed by atoms with Gasteiger partial charge in [-0.15, -0.1) is 0 Å². The van der Waals surface area contributed by atoms with Gasteiger partial charge in [0.1, 0.15) is 5.15 Å². The Morgan fingerprint density at radius 3 is 2.81 bits per heavy atom. The Balaban J connectivity index is 1.85. The fraction of sp³-hybridized carbons (Fsp3) is 0.750. The first-order valence-corrected chi connectivity index (χ1v) is 8.72. The molecule has 0 spiro atoms. The number of hydrogen-bond acceptors (Lipinski definition) is 5. The number of aryl methyl sites for hydroxylation is 1. The van der Waals surface area contributed by atoms with Gasteiger partial charge in [-0.3, -0.25) is 4.90 Å². The van der Waals surface area contributed by atoms with E-state index in [9.17, 15) is 8.42 Å². The van der Waals surface area contributed by atoms with Crippen LogP contribution in [-0.4, -0.2) is 72.6 Å². The van der Waals surface area contributed by atoms with Crippen molar-refractivity contribution in [2.24, 2.45) is 7.05 Å². The van der Waals surface area contributed by atoms with Crippen LogP contribution in [-0.2, 0) is 21.8 Å². The molecule has 0 N–H and O–H groups in total. The number of fused-ring (bicyclic) bond motifs is 1. The highest BCUT2D eigenvalue weighted by Gasteiger charge is 2.41. The van der Waals surface area contributed by atoms with Crippen LogP contribution in [0.1, 0.15) is 6.42 Å². The van der Waals surface area contributed by atoms with E-state index in [1.807, 2.05) is 7.05 Å². The van der Waals surface area contributed by atoms with Gasteiger partial charge in [-0.2, -0.15) is 4.31 Å². The summed E-state index contributed by atoms with van der Waals surface area (Å²) in [5, 5.41) is 0.0786. The molecule has 0 amide bonds. The predicted octanol–water partition coefficient (Wildman–Crippen LogP) is 0.167. The van der Waals surface area contributed by atoms with Crippen LogP contribution < -0.4 is 0 Å². The maximum Gasteiger partial charge on any atom is 0.263 e. The van der Waals surface area contributed by atoms with Gasteiger partial charge in [0, 0.05) is 32.7 Å². The van der Waals surface area contributed by atoms with Gasteiger partial charge < -0.3 is 9.30 Å². The summed E-state index contributed by atoms with van der Waals surface area (Å²) in [7, 11) is 0.0154. The molecule has 0 radical (unpaired) electrons. The second kappa shape index (κ2) is 5.51. The van der Waals surface area contributed by atoms with Crippen molar-refractivity contribution in [2.45, 2.75) is 23.6 Å². The largest absolute Gasteiger partial charge is 0.375 e. The Labute approximate surface area is 129 Å². The summed E-state index contributed by atoms with van der Waals surface area (Å²) in [6.45, 7) is 2.37. The number of ether oxygens (including phenoxy) is 1. The van der Waals surface area contributed by atoms with Gasteiger partial charge in [-0.05, 0) is 13.5 Å². The minimum absolute atomic E-state index is 0.0653. The normalized spacial score (nSPS) is 28.5. The van der Waals surface area contributed by atoms with E-state index in [0.717, 1.165) is 6.54 Å². The smallest absolute Gasteiger partial charge is 0.263 e. The molecular formula is C12H19ClN4O3S. The van der Waals surface area contributed by atoms with Crippen LogP contribution in [0.15, 0.2) is 11.4 Å². The molecule has 0 saturated carbocycles. The summed E-state index contributed by atoms with van der Waals surface area (Å²) in [6, 6.07) is 0.0877. The molecule has 2 atom stereocenters. The number of morpholine rings is 1. The van der Waals surface area contributed by atoms with E-state index in [1.165, 1.54) is 15.2 Å². The quantitative estimate of drug-likeness (QED) is 0.771. The van der Waals surface area contributed by atoms with Crippen LogP contribution >= 0.6 is 11.6 Å². The third kappa shape index (κ3) is 2.59. The molecule has 9 heteroatoms. The van der Waals surface area contributed by atoms with Gasteiger partial charge in [-0.1, -0.05) is 11.6 Å². The number of hydrogen-bond donors (Lipinski definition) is 0. The third-order valence-corrected chi connectivity index (χ3v) is 6.60. The highest BCUT2D eigenvalue weighted by molar-refractivity contribution is 7.89. The summed E-state index contributed by atoms with van der Waals surface area (Å²) in [6.07, 6.45) is 2.21. The average Bonchev–Trinajstić information content (AvgIpc) is 2.79. The topological polar surface area (TPSA) is 67.7 Å². The molecule has 0 aliphatic carbocycles. The van der Waals surface area contributed by atoms with E-state index in [2.05, 4.69) is 9.88 Å². The van der Waals surface area contributed by atoms with E-state index in [1.54, 1.807) is 7.05 Å². The molecule has 21 heavy (non-hydrogen) atoms. The van der Waals surface area contributed by atoms with Crippen LogP contribution in [0.2, 0.25) is 5.15 Å². The first kappa shape index (κ1) is 15.2. The molecule has 7 nitrogen and oxygen atoms in total. The zero-order chi connectivity index (χ0) is 15.2. The fourth-order valence-electron chi connectivity index (χ4n) is 2.92. The number of likely N-dealkylation sites (N-methyl/N-ethyl adjacent to an activating group) is 1. The number of rotatable bonds is 2. The molecule has 1 aromatic rings. The molecule has 0 bridgehead atoms. The highest BCUT2D eigenvalue weighted by atomic mass is 35.5. The van der Waals surface area contributed by atoms with Crippen molar-refractivity contribution in [2.75, 3.05) is 33.3 Å². The minimum atomic E-state index is -3.66. The Hall–Kier alpha value is -0.670. The third-order valence-electron chi connectivity index (χ3n) is 4.24. The van der Waals surface area contributed by atoms with Gasteiger partial charge in [0.25, 0.3) is 10.0 Å². The monoisotopic (exact) mass is 334 g/mol. The second-order valence-electron chi connectivity index (χ2n) is 5.56. The lowest BCUT2D eigenvalue weighted by atomic mass is 10.0. The highest BCUT2D eigenvalue weighted by Crippen LogP contribution is 2.28. The Kier molecular flexibility index (Phi) is 4.00. The zero-order valence-electron chi connectivity index (χ0n) is 12.1. The van der Waals surface area contributed by atoms with Gasteiger partial charge in [0.2, 0.25) is 5.03 Å². The van der Waals surface area contributed by atoms with Crippen molar-refractivity contribution in [3.05, 3.63) is 11.5 Å². The molecule has 0 unspecified atom stereocenters. The number of imidazole rings is 1. The number of halogens is 1. The standard InChI is InChI=1S/C12H19ClN4O3S/c1-15-5-6-20-10-3-4-17(7-9(10)15)21(18,19)12-11(13)16(2)8-14-12/h8-10H,3-7H2,1-2H3/t9-,10+/m0/s1.